The van der Waals surface area contributed by atoms with Gasteiger partial charge in [0.1, 0.15) is 6.26 Å². The topological polar surface area (TPSA) is 88.9 Å². The van der Waals surface area contributed by atoms with E-state index in [0.29, 0.717) is 12.4 Å². The van der Waals surface area contributed by atoms with E-state index in [0.717, 1.165) is 45.8 Å². The van der Waals surface area contributed by atoms with Gasteiger partial charge in [-0.1, -0.05) is 5.16 Å². The second-order valence-electron chi connectivity index (χ2n) is 6.00. The molecule has 1 aromatic rings. The van der Waals surface area contributed by atoms with Crippen molar-refractivity contribution < 1.29 is 18.8 Å². The van der Waals surface area contributed by atoms with E-state index in [2.05, 4.69) is 20.7 Å². The van der Waals surface area contributed by atoms with Crippen LogP contribution in [0.1, 0.15) is 19.8 Å². The highest BCUT2D eigenvalue weighted by Gasteiger charge is 2.49. The van der Waals surface area contributed by atoms with E-state index in [1.54, 1.807) is 6.07 Å². The number of ether oxygens (including phenoxy) is 2. The Bertz CT molecular complexity index is 496. The molecule has 2 amide bonds. The van der Waals surface area contributed by atoms with Gasteiger partial charge in [-0.25, -0.2) is 4.79 Å². The molecule has 2 fully saturated rings. The van der Waals surface area contributed by atoms with Crippen molar-refractivity contribution in [3.05, 3.63) is 12.3 Å². The molecule has 1 aromatic heterocycles. The standard InChI is InChI=1S/C15H24N4O4/c1-2-22-12-9-15(10-12,19-4-7-21-8-5-19)11-16-14(20)17-13-3-6-23-18-13/h3,6,12H,2,4-5,7-11H2,1H3,(H2,16,17,18,20). The zero-order valence-electron chi connectivity index (χ0n) is 13.4. The van der Waals surface area contributed by atoms with Crippen LogP contribution < -0.4 is 10.6 Å². The van der Waals surface area contributed by atoms with E-state index < -0.39 is 0 Å². The summed E-state index contributed by atoms with van der Waals surface area (Å²) < 4.78 is 15.8. The summed E-state index contributed by atoms with van der Waals surface area (Å²) in [6.45, 7) is 6.60. The van der Waals surface area contributed by atoms with Gasteiger partial charge in [0.2, 0.25) is 0 Å². The Hall–Kier alpha value is -1.64. The first kappa shape index (κ1) is 16.2. The summed E-state index contributed by atoms with van der Waals surface area (Å²) >= 11 is 0. The molecule has 2 aliphatic rings. The van der Waals surface area contributed by atoms with Crippen LogP contribution in [0.4, 0.5) is 10.6 Å². The molecule has 8 nitrogen and oxygen atoms in total. The van der Waals surface area contributed by atoms with Crippen molar-refractivity contribution in [2.75, 3.05) is 44.8 Å². The monoisotopic (exact) mass is 324 g/mol. The third-order valence-corrected chi connectivity index (χ3v) is 4.56. The molecule has 1 saturated heterocycles. The second-order valence-corrected chi connectivity index (χ2v) is 6.00. The van der Waals surface area contributed by atoms with Crippen molar-refractivity contribution in [3.8, 4) is 0 Å². The first-order chi connectivity index (χ1) is 11.2. The maximum Gasteiger partial charge on any atom is 0.320 e. The number of nitrogens with zero attached hydrogens (tertiary/aromatic N) is 2. The summed E-state index contributed by atoms with van der Waals surface area (Å²) in [7, 11) is 0. The number of urea groups is 1. The summed E-state index contributed by atoms with van der Waals surface area (Å²) in [6.07, 6.45) is 3.57. The van der Waals surface area contributed by atoms with Crippen LogP contribution in [0.25, 0.3) is 0 Å². The van der Waals surface area contributed by atoms with Crippen molar-refractivity contribution in [3.63, 3.8) is 0 Å². The Morgan fingerprint density at radius 2 is 2.26 bits per heavy atom. The Morgan fingerprint density at radius 1 is 1.48 bits per heavy atom. The van der Waals surface area contributed by atoms with Crippen LogP contribution in [0.2, 0.25) is 0 Å². The predicted molar refractivity (Wildman–Crippen MR) is 83.3 cm³/mol. The number of nitrogens with one attached hydrogen (secondary N) is 2. The molecular weight excluding hydrogens is 300 g/mol. The lowest BCUT2D eigenvalue weighted by atomic mass is 9.72. The molecule has 23 heavy (non-hydrogen) atoms. The van der Waals surface area contributed by atoms with Crippen LogP contribution in [0.15, 0.2) is 16.9 Å². The lowest BCUT2D eigenvalue weighted by Crippen LogP contribution is -2.67. The SMILES string of the molecule is CCOC1CC(CNC(=O)Nc2ccon2)(N2CCOCC2)C1. The maximum atomic E-state index is 12.0. The quantitative estimate of drug-likeness (QED) is 0.813. The smallest absolute Gasteiger partial charge is 0.320 e. The molecule has 2 heterocycles. The number of carbonyl (C=O) groups excluding carboxylic acids is 1. The fourth-order valence-electron chi connectivity index (χ4n) is 3.38. The van der Waals surface area contributed by atoms with Gasteiger partial charge >= 0.3 is 6.03 Å². The zero-order valence-corrected chi connectivity index (χ0v) is 13.4. The van der Waals surface area contributed by atoms with Gasteiger partial charge in [0.05, 0.1) is 19.3 Å². The molecule has 0 radical (unpaired) electrons. The summed E-state index contributed by atoms with van der Waals surface area (Å²) in [5.74, 6) is 0.406. The fourth-order valence-corrected chi connectivity index (χ4v) is 3.38. The summed E-state index contributed by atoms with van der Waals surface area (Å²) in [5, 5.41) is 9.27. The number of amides is 2. The number of hydrogen-bond donors (Lipinski definition) is 2. The van der Waals surface area contributed by atoms with Crippen molar-refractivity contribution in [2.24, 2.45) is 0 Å². The van der Waals surface area contributed by atoms with Gasteiger partial charge in [-0.3, -0.25) is 10.2 Å². The highest BCUT2D eigenvalue weighted by Crippen LogP contribution is 2.39. The lowest BCUT2D eigenvalue weighted by molar-refractivity contribution is -0.124. The van der Waals surface area contributed by atoms with Gasteiger partial charge in [0.25, 0.3) is 0 Å². The Kier molecular flexibility index (Phi) is 5.14. The number of rotatable bonds is 6. The normalized spacial score (nSPS) is 28.1. The number of aromatic nitrogens is 1. The molecule has 0 bridgehead atoms. The molecule has 0 atom stereocenters. The second kappa shape index (κ2) is 7.29. The average Bonchev–Trinajstić information content (AvgIpc) is 3.03. The van der Waals surface area contributed by atoms with Gasteiger partial charge in [0, 0.05) is 37.8 Å². The number of hydrogen-bond acceptors (Lipinski definition) is 6. The minimum absolute atomic E-state index is 0.0369. The number of anilines is 1. The molecule has 1 aliphatic heterocycles. The minimum Gasteiger partial charge on any atom is -0.379 e. The van der Waals surface area contributed by atoms with Crippen LogP contribution in [0.3, 0.4) is 0 Å². The zero-order chi connectivity index (χ0) is 16.1. The van der Waals surface area contributed by atoms with E-state index in [1.165, 1.54) is 6.26 Å². The molecule has 8 heteroatoms. The van der Waals surface area contributed by atoms with Gasteiger partial charge in [-0.15, -0.1) is 0 Å². The predicted octanol–water partition coefficient (Wildman–Crippen LogP) is 1.07. The molecule has 0 spiro atoms. The van der Waals surface area contributed by atoms with Crippen LogP contribution >= 0.6 is 0 Å². The highest BCUT2D eigenvalue weighted by atomic mass is 16.5. The van der Waals surface area contributed by atoms with Crippen molar-refractivity contribution in [1.29, 1.82) is 0 Å². The van der Waals surface area contributed by atoms with Gasteiger partial charge in [-0.2, -0.15) is 0 Å². The number of carbonyl (C=O) groups is 1. The largest absolute Gasteiger partial charge is 0.379 e. The van der Waals surface area contributed by atoms with Crippen LogP contribution in [0, 0.1) is 0 Å². The summed E-state index contributed by atoms with van der Waals surface area (Å²) in [6, 6.07) is 1.33. The fraction of sp³-hybridized carbons (Fsp3) is 0.733. The molecule has 1 aliphatic carbocycles. The third kappa shape index (κ3) is 3.82. The van der Waals surface area contributed by atoms with E-state index >= 15 is 0 Å². The van der Waals surface area contributed by atoms with Crippen LogP contribution in [-0.2, 0) is 9.47 Å². The van der Waals surface area contributed by atoms with Gasteiger partial charge < -0.3 is 19.3 Å². The Balaban J connectivity index is 1.54. The molecule has 2 N–H and O–H groups in total. The Labute approximate surface area is 135 Å². The Morgan fingerprint density at radius 3 is 2.91 bits per heavy atom. The average molecular weight is 324 g/mol. The van der Waals surface area contributed by atoms with E-state index in [-0.39, 0.29) is 17.7 Å². The first-order valence-electron chi connectivity index (χ1n) is 8.11. The third-order valence-electron chi connectivity index (χ3n) is 4.56. The molecule has 3 rings (SSSR count). The van der Waals surface area contributed by atoms with Gasteiger partial charge in [0.15, 0.2) is 5.82 Å². The van der Waals surface area contributed by atoms with Crippen LogP contribution in [0.5, 0.6) is 0 Å². The molecule has 0 aromatic carbocycles. The molecule has 1 saturated carbocycles. The first-order valence-corrected chi connectivity index (χ1v) is 8.11. The van der Waals surface area contributed by atoms with Crippen molar-refractivity contribution >= 4 is 11.8 Å². The molecule has 0 unspecified atom stereocenters. The van der Waals surface area contributed by atoms with E-state index in [4.69, 9.17) is 14.0 Å². The number of morpholine rings is 1. The van der Waals surface area contributed by atoms with Crippen molar-refractivity contribution in [1.82, 2.24) is 15.4 Å². The van der Waals surface area contributed by atoms with Crippen LogP contribution in [-0.4, -0.2) is 67.2 Å². The van der Waals surface area contributed by atoms with E-state index in [1.807, 2.05) is 6.92 Å². The summed E-state index contributed by atoms with van der Waals surface area (Å²) in [4.78, 5) is 14.4. The lowest BCUT2D eigenvalue weighted by Gasteiger charge is -2.55. The summed E-state index contributed by atoms with van der Waals surface area (Å²) in [5.41, 5.74) is -0.0369. The molecular formula is C15H24N4O4. The highest BCUT2D eigenvalue weighted by molar-refractivity contribution is 5.88. The van der Waals surface area contributed by atoms with Crippen molar-refractivity contribution in [2.45, 2.75) is 31.4 Å². The van der Waals surface area contributed by atoms with E-state index in [9.17, 15) is 4.79 Å². The molecule has 128 valence electrons. The van der Waals surface area contributed by atoms with Gasteiger partial charge in [-0.05, 0) is 19.8 Å². The minimum atomic E-state index is -0.272. The maximum absolute atomic E-state index is 12.0.